The molecule has 0 heterocycles. The van der Waals surface area contributed by atoms with Crippen molar-refractivity contribution < 1.29 is 9.53 Å². The van der Waals surface area contributed by atoms with Crippen molar-refractivity contribution in [2.24, 2.45) is 0 Å². The second-order valence-corrected chi connectivity index (χ2v) is 8.60. The molecule has 0 unspecified atom stereocenters. The van der Waals surface area contributed by atoms with Crippen molar-refractivity contribution >= 4 is 11.7 Å². The minimum atomic E-state index is -0.198. The maximum Gasteiger partial charge on any atom is 0.338 e. The number of anilines is 1. The van der Waals surface area contributed by atoms with E-state index in [-0.39, 0.29) is 5.97 Å². The fourth-order valence-electron chi connectivity index (χ4n) is 4.78. The van der Waals surface area contributed by atoms with Crippen LogP contribution in [0.4, 0.5) is 5.69 Å². The monoisotopic (exact) mass is 391 g/mol. The Kier molecular flexibility index (Phi) is 6.53. The molecule has 3 nitrogen and oxygen atoms in total. The number of benzene rings is 2. The molecule has 2 aliphatic rings. The van der Waals surface area contributed by atoms with Crippen molar-refractivity contribution in [1.82, 2.24) is 0 Å². The molecule has 1 atom stereocenters. The second-order valence-electron chi connectivity index (χ2n) is 8.60. The summed E-state index contributed by atoms with van der Waals surface area (Å²) < 4.78 is 5.36. The van der Waals surface area contributed by atoms with E-state index < -0.39 is 0 Å². The normalized spacial score (nSPS) is 19.0. The SMILES string of the molecule is CCCCOC(=O)c1ccc2c(c1)CC[C@H]2Nc1ccc(C2CCCCC2)cc1. The average molecular weight is 392 g/mol. The first kappa shape index (κ1) is 20.0. The van der Waals surface area contributed by atoms with E-state index in [4.69, 9.17) is 4.74 Å². The number of unbranched alkanes of at least 4 members (excludes halogenated alkanes) is 1. The van der Waals surface area contributed by atoms with Gasteiger partial charge >= 0.3 is 5.97 Å². The predicted molar refractivity (Wildman–Crippen MR) is 119 cm³/mol. The van der Waals surface area contributed by atoms with Gasteiger partial charge in [-0.25, -0.2) is 4.79 Å². The van der Waals surface area contributed by atoms with Crippen molar-refractivity contribution in [3.63, 3.8) is 0 Å². The Labute approximate surface area is 174 Å². The Bertz CT molecular complexity index is 821. The Morgan fingerprint density at radius 3 is 2.59 bits per heavy atom. The first-order chi connectivity index (χ1) is 14.2. The molecule has 0 radical (unpaired) electrons. The largest absolute Gasteiger partial charge is 0.462 e. The maximum atomic E-state index is 12.2. The third kappa shape index (κ3) is 4.83. The summed E-state index contributed by atoms with van der Waals surface area (Å²) >= 11 is 0. The third-order valence-electron chi connectivity index (χ3n) is 6.52. The van der Waals surface area contributed by atoms with Crippen LogP contribution in [0.1, 0.15) is 97.3 Å². The van der Waals surface area contributed by atoms with Gasteiger partial charge in [0.25, 0.3) is 0 Å². The van der Waals surface area contributed by atoms with Crippen molar-refractivity contribution in [1.29, 1.82) is 0 Å². The van der Waals surface area contributed by atoms with Crippen molar-refractivity contribution in [3.8, 4) is 0 Å². The summed E-state index contributed by atoms with van der Waals surface area (Å²) in [6.45, 7) is 2.60. The molecule has 2 aromatic carbocycles. The first-order valence-corrected chi connectivity index (χ1v) is 11.4. The molecule has 1 N–H and O–H groups in total. The zero-order valence-corrected chi connectivity index (χ0v) is 17.6. The van der Waals surface area contributed by atoms with Gasteiger partial charge in [0.05, 0.1) is 18.2 Å². The molecule has 3 heteroatoms. The molecule has 0 spiro atoms. The maximum absolute atomic E-state index is 12.2. The molecular weight excluding hydrogens is 358 g/mol. The summed E-state index contributed by atoms with van der Waals surface area (Å²) in [6, 6.07) is 15.5. The quantitative estimate of drug-likeness (QED) is 0.417. The minimum Gasteiger partial charge on any atom is -0.462 e. The van der Waals surface area contributed by atoms with Crippen LogP contribution < -0.4 is 5.32 Å². The van der Waals surface area contributed by atoms with Gasteiger partial charge in [0.2, 0.25) is 0 Å². The van der Waals surface area contributed by atoms with Gasteiger partial charge < -0.3 is 10.1 Å². The van der Waals surface area contributed by atoms with E-state index in [0.717, 1.165) is 31.6 Å². The summed E-state index contributed by atoms with van der Waals surface area (Å²) in [5.74, 6) is 0.552. The van der Waals surface area contributed by atoms with Crippen molar-refractivity contribution in [3.05, 3.63) is 64.7 Å². The van der Waals surface area contributed by atoms with Gasteiger partial charge in [-0.05, 0) is 79.0 Å². The van der Waals surface area contributed by atoms with E-state index in [1.807, 2.05) is 12.1 Å². The topological polar surface area (TPSA) is 38.3 Å². The van der Waals surface area contributed by atoms with Crippen LogP contribution in [-0.2, 0) is 11.2 Å². The molecule has 0 amide bonds. The van der Waals surface area contributed by atoms with Crippen LogP contribution in [0.25, 0.3) is 0 Å². The number of carbonyl (C=O) groups excluding carboxylic acids is 1. The number of ether oxygens (including phenoxy) is 1. The van der Waals surface area contributed by atoms with Gasteiger partial charge in [0.1, 0.15) is 0 Å². The highest BCUT2D eigenvalue weighted by atomic mass is 16.5. The molecule has 1 saturated carbocycles. The lowest BCUT2D eigenvalue weighted by atomic mass is 9.84. The van der Waals surface area contributed by atoms with Crippen LogP contribution in [0.5, 0.6) is 0 Å². The molecule has 0 aliphatic heterocycles. The Balaban J connectivity index is 1.38. The highest BCUT2D eigenvalue weighted by Gasteiger charge is 2.24. The molecule has 29 heavy (non-hydrogen) atoms. The zero-order chi connectivity index (χ0) is 20.1. The van der Waals surface area contributed by atoms with Crippen LogP contribution in [-0.4, -0.2) is 12.6 Å². The van der Waals surface area contributed by atoms with Crippen LogP contribution in [0.2, 0.25) is 0 Å². The highest BCUT2D eigenvalue weighted by Crippen LogP contribution is 2.36. The van der Waals surface area contributed by atoms with Gasteiger partial charge in [0.15, 0.2) is 0 Å². The van der Waals surface area contributed by atoms with E-state index in [9.17, 15) is 4.79 Å². The van der Waals surface area contributed by atoms with Gasteiger partial charge in [0, 0.05) is 5.69 Å². The first-order valence-electron chi connectivity index (χ1n) is 11.4. The fourth-order valence-corrected chi connectivity index (χ4v) is 4.78. The molecule has 0 aromatic heterocycles. The van der Waals surface area contributed by atoms with Crippen LogP contribution in [0.15, 0.2) is 42.5 Å². The van der Waals surface area contributed by atoms with Crippen molar-refractivity contribution in [2.45, 2.75) is 76.7 Å². The van der Waals surface area contributed by atoms with Crippen LogP contribution in [0.3, 0.4) is 0 Å². The summed E-state index contributed by atoms with van der Waals surface area (Å²) in [7, 11) is 0. The lowest BCUT2D eigenvalue weighted by Gasteiger charge is -2.22. The van der Waals surface area contributed by atoms with E-state index in [1.165, 1.54) is 54.5 Å². The summed E-state index contributed by atoms with van der Waals surface area (Å²) in [5, 5.41) is 3.70. The molecule has 1 fully saturated rings. The minimum absolute atomic E-state index is 0.198. The number of hydrogen-bond acceptors (Lipinski definition) is 3. The molecular formula is C26H33NO2. The van der Waals surface area contributed by atoms with Gasteiger partial charge in [-0.2, -0.15) is 0 Å². The number of esters is 1. The summed E-state index contributed by atoms with van der Waals surface area (Å²) in [6.07, 6.45) is 10.8. The third-order valence-corrected chi connectivity index (χ3v) is 6.52. The molecule has 2 aromatic rings. The lowest BCUT2D eigenvalue weighted by Crippen LogP contribution is -2.09. The molecule has 154 valence electrons. The summed E-state index contributed by atoms with van der Waals surface area (Å²) in [4.78, 5) is 12.2. The number of nitrogens with one attached hydrogen (secondary N) is 1. The number of rotatable bonds is 7. The predicted octanol–water partition coefficient (Wildman–Crippen LogP) is 6.79. The van der Waals surface area contributed by atoms with E-state index in [0.29, 0.717) is 18.2 Å². The molecule has 0 bridgehead atoms. The standard InChI is InChI=1S/C26H33NO2/c1-2-3-17-29-26(28)22-11-15-24-21(18-22)12-16-25(24)27-23-13-9-20(10-14-23)19-7-5-4-6-8-19/h9-11,13-15,18-19,25,27H,2-8,12,16-17H2,1H3/t25-/m1/s1. The second kappa shape index (κ2) is 9.47. The van der Waals surface area contributed by atoms with Crippen LogP contribution in [0, 0.1) is 0 Å². The molecule has 2 aliphatic carbocycles. The lowest BCUT2D eigenvalue weighted by molar-refractivity contribution is 0.0499. The number of carbonyl (C=O) groups is 1. The van der Waals surface area contributed by atoms with Gasteiger partial charge in [-0.15, -0.1) is 0 Å². The summed E-state index contributed by atoms with van der Waals surface area (Å²) in [5.41, 5.74) is 5.94. The molecule has 4 rings (SSSR count). The Morgan fingerprint density at radius 2 is 1.83 bits per heavy atom. The fraction of sp³-hybridized carbons (Fsp3) is 0.500. The molecule has 0 saturated heterocycles. The highest BCUT2D eigenvalue weighted by molar-refractivity contribution is 5.89. The average Bonchev–Trinajstić information content (AvgIpc) is 3.17. The van der Waals surface area contributed by atoms with E-state index in [1.54, 1.807) is 0 Å². The number of hydrogen-bond donors (Lipinski definition) is 1. The van der Waals surface area contributed by atoms with E-state index in [2.05, 4.69) is 42.6 Å². The Hall–Kier alpha value is -2.29. The number of aryl methyl sites for hydroxylation is 1. The van der Waals surface area contributed by atoms with Crippen molar-refractivity contribution in [2.75, 3.05) is 11.9 Å². The van der Waals surface area contributed by atoms with Gasteiger partial charge in [-0.1, -0.05) is 50.8 Å². The zero-order valence-electron chi connectivity index (χ0n) is 17.6. The van der Waals surface area contributed by atoms with Gasteiger partial charge in [-0.3, -0.25) is 0 Å². The van der Waals surface area contributed by atoms with Crippen LogP contribution >= 0.6 is 0 Å². The smallest absolute Gasteiger partial charge is 0.338 e. The Morgan fingerprint density at radius 1 is 1.03 bits per heavy atom. The number of fused-ring (bicyclic) bond motifs is 1. The van der Waals surface area contributed by atoms with E-state index >= 15 is 0 Å².